The fraction of sp³-hybridized carbons (Fsp3) is 0.333. The number of ether oxygens (including phenoxy) is 1. The molecule has 2 aromatic carbocycles. The summed E-state index contributed by atoms with van der Waals surface area (Å²) < 4.78 is 5.70. The van der Waals surface area contributed by atoms with Crippen molar-refractivity contribution in [1.29, 1.82) is 0 Å². The van der Waals surface area contributed by atoms with Gasteiger partial charge in [-0.1, -0.05) is 29.8 Å². The first-order valence-electron chi connectivity index (χ1n) is 7.24. The Balaban J connectivity index is 1.59. The van der Waals surface area contributed by atoms with E-state index in [1.54, 1.807) is 0 Å². The molecule has 0 radical (unpaired) electrons. The van der Waals surface area contributed by atoms with Gasteiger partial charge in [-0.15, -0.1) is 0 Å². The monoisotopic (exact) mass is 269 g/mol. The Bertz CT molecular complexity index is 519. The Morgan fingerprint density at radius 1 is 0.900 bits per heavy atom. The van der Waals surface area contributed by atoms with Crippen LogP contribution in [0.1, 0.15) is 24.0 Å². The van der Waals surface area contributed by atoms with E-state index in [0.29, 0.717) is 0 Å². The predicted molar refractivity (Wildman–Crippen MR) is 85.6 cm³/mol. The van der Waals surface area contributed by atoms with Crippen LogP contribution >= 0.6 is 0 Å². The number of benzene rings is 2. The maximum absolute atomic E-state index is 5.70. The number of hydrogen-bond donors (Lipinski definition) is 1. The largest absolute Gasteiger partial charge is 0.494 e. The molecule has 0 heterocycles. The number of aryl methyl sites for hydroxylation is 2. The average Bonchev–Trinajstić information content (AvgIpc) is 2.45. The third-order valence-corrected chi connectivity index (χ3v) is 3.21. The first kappa shape index (κ1) is 14.4. The minimum Gasteiger partial charge on any atom is -0.494 e. The van der Waals surface area contributed by atoms with Gasteiger partial charge in [0.25, 0.3) is 0 Å². The van der Waals surface area contributed by atoms with Gasteiger partial charge in [-0.2, -0.15) is 0 Å². The molecule has 0 aliphatic rings. The fourth-order valence-corrected chi connectivity index (χ4v) is 2.04. The van der Waals surface area contributed by atoms with Crippen LogP contribution in [0.3, 0.4) is 0 Å². The molecular weight excluding hydrogens is 246 g/mol. The van der Waals surface area contributed by atoms with Gasteiger partial charge < -0.3 is 10.1 Å². The lowest BCUT2D eigenvalue weighted by atomic mass is 10.2. The Kier molecular flexibility index (Phi) is 5.48. The molecule has 2 rings (SSSR count). The standard InChI is InChI=1S/C18H23NO/c1-15-8-10-18(11-9-15)20-13-4-3-12-19-17-7-5-6-16(2)14-17/h5-11,14,19H,3-4,12-13H2,1-2H3. The molecule has 1 N–H and O–H groups in total. The molecule has 0 saturated heterocycles. The number of anilines is 1. The Hall–Kier alpha value is -1.96. The van der Waals surface area contributed by atoms with Crippen molar-refractivity contribution < 1.29 is 4.74 Å². The van der Waals surface area contributed by atoms with Gasteiger partial charge in [-0.25, -0.2) is 0 Å². The molecule has 20 heavy (non-hydrogen) atoms. The lowest BCUT2D eigenvalue weighted by Crippen LogP contribution is -2.04. The van der Waals surface area contributed by atoms with Gasteiger partial charge >= 0.3 is 0 Å². The van der Waals surface area contributed by atoms with Gasteiger partial charge in [0.05, 0.1) is 6.61 Å². The highest BCUT2D eigenvalue weighted by atomic mass is 16.5. The molecule has 0 spiro atoms. The van der Waals surface area contributed by atoms with Crippen molar-refractivity contribution in [3.63, 3.8) is 0 Å². The van der Waals surface area contributed by atoms with E-state index in [1.807, 2.05) is 12.1 Å². The van der Waals surface area contributed by atoms with Crippen molar-refractivity contribution in [3.05, 3.63) is 59.7 Å². The highest BCUT2D eigenvalue weighted by molar-refractivity contribution is 5.45. The minimum atomic E-state index is 0.776. The van der Waals surface area contributed by atoms with Crippen LogP contribution in [0.5, 0.6) is 5.75 Å². The molecule has 2 aromatic rings. The number of nitrogens with one attached hydrogen (secondary N) is 1. The highest BCUT2D eigenvalue weighted by Crippen LogP contribution is 2.12. The molecule has 0 aliphatic carbocycles. The summed E-state index contributed by atoms with van der Waals surface area (Å²) in [7, 11) is 0. The summed E-state index contributed by atoms with van der Waals surface area (Å²) in [4.78, 5) is 0. The summed E-state index contributed by atoms with van der Waals surface area (Å²) in [6.45, 7) is 5.96. The third kappa shape index (κ3) is 4.96. The Labute approximate surface area is 121 Å². The third-order valence-electron chi connectivity index (χ3n) is 3.21. The van der Waals surface area contributed by atoms with Gasteiger partial charge in [0.1, 0.15) is 5.75 Å². The van der Waals surface area contributed by atoms with E-state index >= 15 is 0 Å². The number of rotatable bonds is 7. The number of unbranched alkanes of at least 4 members (excludes halogenated alkanes) is 1. The lowest BCUT2D eigenvalue weighted by molar-refractivity contribution is 0.308. The summed E-state index contributed by atoms with van der Waals surface area (Å²) >= 11 is 0. The van der Waals surface area contributed by atoms with Crippen LogP contribution in [-0.2, 0) is 0 Å². The lowest BCUT2D eigenvalue weighted by Gasteiger charge is -2.08. The first-order valence-corrected chi connectivity index (χ1v) is 7.24. The fourth-order valence-electron chi connectivity index (χ4n) is 2.04. The van der Waals surface area contributed by atoms with Crippen molar-refractivity contribution in [3.8, 4) is 5.75 Å². The van der Waals surface area contributed by atoms with Crippen molar-refractivity contribution in [2.75, 3.05) is 18.5 Å². The topological polar surface area (TPSA) is 21.3 Å². The molecule has 2 heteroatoms. The highest BCUT2D eigenvalue weighted by Gasteiger charge is 1.95. The second-order valence-corrected chi connectivity index (χ2v) is 5.16. The van der Waals surface area contributed by atoms with Crippen LogP contribution in [-0.4, -0.2) is 13.2 Å². The van der Waals surface area contributed by atoms with Crippen molar-refractivity contribution >= 4 is 5.69 Å². The molecule has 0 bridgehead atoms. The van der Waals surface area contributed by atoms with Crippen LogP contribution in [0.25, 0.3) is 0 Å². The zero-order valence-electron chi connectivity index (χ0n) is 12.4. The first-order chi connectivity index (χ1) is 9.74. The van der Waals surface area contributed by atoms with E-state index in [0.717, 1.165) is 31.7 Å². The maximum atomic E-state index is 5.70. The Morgan fingerprint density at radius 2 is 1.70 bits per heavy atom. The van der Waals surface area contributed by atoms with Gasteiger partial charge in [-0.3, -0.25) is 0 Å². The summed E-state index contributed by atoms with van der Waals surface area (Å²) in [5.74, 6) is 0.960. The van der Waals surface area contributed by atoms with Gasteiger partial charge in [0, 0.05) is 12.2 Å². The number of hydrogen-bond acceptors (Lipinski definition) is 2. The smallest absolute Gasteiger partial charge is 0.119 e. The van der Waals surface area contributed by atoms with E-state index in [-0.39, 0.29) is 0 Å². The summed E-state index contributed by atoms with van der Waals surface area (Å²) in [5.41, 5.74) is 3.75. The van der Waals surface area contributed by atoms with Crippen molar-refractivity contribution in [1.82, 2.24) is 0 Å². The van der Waals surface area contributed by atoms with Crippen LogP contribution in [0.15, 0.2) is 48.5 Å². The second kappa shape index (κ2) is 7.59. The van der Waals surface area contributed by atoms with Crippen molar-refractivity contribution in [2.24, 2.45) is 0 Å². The van der Waals surface area contributed by atoms with E-state index in [4.69, 9.17) is 4.74 Å². The molecule has 0 saturated carbocycles. The quantitative estimate of drug-likeness (QED) is 0.743. The van der Waals surface area contributed by atoms with Gasteiger partial charge in [0.15, 0.2) is 0 Å². The average molecular weight is 269 g/mol. The summed E-state index contributed by atoms with van der Waals surface area (Å²) in [5, 5.41) is 3.44. The summed E-state index contributed by atoms with van der Waals surface area (Å²) in [6.07, 6.45) is 2.17. The predicted octanol–water partition coefficient (Wildman–Crippen LogP) is 4.57. The molecule has 0 amide bonds. The SMILES string of the molecule is Cc1ccc(OCCCCNc2cccc(C)c2)cc1. The molecule has 0 unspecified atom stereocenters. The molecule has 0 atom stereocenters. The molecular formula is C18H23NO. The van der Waals surface area contributed by atoms with Crippen molar-refractivity contribution in [2.45, 2.75) is 26.7 Å². The molecule has 0 fully saturated rings. The normalized spacial score (nSPS) is 10.3. The van der Waals surface area contributed by atoms with E-state index in [1.165, 1.54) is 16.8 Å². The van der Waals surface area contributed by atoms with Crippen LogP contribution in [0, 0.1) is 13.8 Å². The second-order valence-electron chi connectivity index (χ2n) is 5.16. The van der Waals surface area contributed by atoms with Gasteiger partial charge in [0.2, 0.25) is 0 Å². The van der Waals surface area contributed by atoms with Crippen LogP contribution in [0.4, 0.5) is 5.69 Å². The molecule has 106 valence electrons. The van der Waals surface area contributed by atoms with E-state index in [2.05, 4.69) is 55.6 Å². The zero-order valence-corrected chi connectivity index (χ0v) is 12.4. The van der Waals surface area contributed by atoms with E-state index < -0.39 is 0 Å². The Morgan fingerprint density at radius 3 is 2.45 bits per heavy atom. The molecule has 0 aromatic heterocycles. The van der Waals surface area contributed by atoms with Gasteiger partial charge in [-0.05, 0) is 56.5 Å². The molecule has 2 nitrogen and oxygen atoms in total. The zero-order chi connectivity index (χ0) is 14.2. The van der Waals surface area contributed by atoms with E-state index in [9.17, 15) is 0 Å². The molecule has 0 aliphatic heterocycles. The minimum absolute atomic E-state index is 0.776. The summed E-state index contributed by atoms with van der Waals surface area (Å²) in [6, 6.07) is 16.7. The van der Waals surface area contributed by atoms with Crippen LogP contribution < -0.4 is 10.1 Å². The van der Waals surface area contributed by atoms with Crippen LogP contribution in [0.2, 0.25) is 0 Å². The maximum Gasteiger partial charge on any atom is 0.119 e.